The van der Waals surface area contributed by atoms with Gasteiger partial charge < -0.3 is 10.1 Å². The minimum atomic E-state index is -0.659. The molecule has 1 N–H and O–H groups in total. The highest BCUT2D eigenvalue weighted by Crippen LogP contribution is 2.23. The predicted octanol–water partition coefficient (Wildman–Crippen LogP) is 4.06. The molecule has 0 unspecified atom stereocenters. The first-order valence-electron chi connectivity index (χ1n) is 6.85. The second-order valence-corrected chi connectivity index (χ2v) is 5.51. The van der Waals surface area contributed by atoms with E-state index in [0.29, 0.717) is 18.0 Å². The average molecular weight is 283 g/mol. The standard InChI is InChI=1S/C16H23F2NO/c1-11(2)5-6-20-16-14(17)7-13(8-15(16)18)10-19-9-12(3)4/h5,7-8,12,19H,6,9-10H2,1-4H3. The van der Waals surface area contributed by atoms with Gasteiger partial charge in [-0.25, -0.2) is 8.78 Å². The lowest BCUT2D eigenvalue weighted by Gasteiger charge is -2.11. The van der Waals surface area contributed by atoms with Gasteiger partial charge in [0, 0.05) is 6.54 Å². The first-order valence-corrected chi connectivity index (χ1v) is 6.85. The smallest absolute Gasteiger partial charge is 0.191 e. The second kappa shape index (κ2) is 8.00. The van der Waals surface area contributed by atoms with E-state index in [4.69, 9.17) is 4.74 Å². The Kier molecular flexibility index (Phi) is 6.65. The number of hydrogen-bond donors (Lipinski definition) is 1. The van der Waals surface area contributed by atoms with Gasteiger partial charge in [-0.2, -0.15) is 0 Å². The molecule has 0 saturated heterocycles. The molecule has 20 heavy (non-hydrogen) atoms. The largest absolute Gasteiger partial charge is 0.483 e. The molecule has 0 aliphatic heterocycles. The summed E-state index contributed by atoms with van der Waals surface area (Å²) in [5.74, 6) is -1.13. The molecule has 2 nitrogen and oxygen atoms in total. The highest BCUT2D eigenvalue weighted by Gasteiger charge is 2.12. The van der Waals surface area contributed by atoms with Crippen LogP contribution in [0.5, 0.6) is 5.75 Å². The molecule has 112 valence electrons. The summed E-state index contributed by atoms with van der Waals surface area (Å²) in [6.07, 6.45) is 1.77. The lowest BCUT2D eigenvalue weighted by Crippen LogP contribution is -2.19. The fourth-order valence-electron chi connectivity index (χ4n) is 1.65. The molecular weight excluding hydrogens is 260 g/mol. The lowest BCUT2D eigenvalue weighted by molar-refractivity contribution is 0.319. The van der Waals surface area contributed by atoms with Crippen molar-refractivity contribution in [2.75, 3.05) is 13.2 Å². The van der Waals surface area contributed by atoms with E-state index in [1.807, 2.05) is 13.8 Å². The zero-order valence-corrected chi connectivity index (χ0v) is 12.6. The van der Waals surface area contributed by atoms with Crippen molar-refractivity contribution >= 4 is 0 Å². The van der Waals surface area contributed by atoms with Gasteiger partial charge in [0.05, 0.1) is 0 Å². The highest BCUT2D eigenvalue weighted by molar-refractivity contribution is 5.31. The van der Waals surface area contributed by atoms with E-state index in [9.17, 15) is 8.78 Å². The minimum Gasteiger partial charge on any atom is -0.483 e. The SMILES string of the molecule is CC(C)=CCOc1c(F)cc(CNCC(C)C)cc1F. The van der Waals surface area contributed by atoms with Gasteiger partial charge in [0.25, 0.3) is 0 Å². The summed E-state index contributed by atoms with van der Waals surface area (Å²) in [5.41, 5.74) is 1.62. The molecule has 0 heterocycles. The number of hydrogen-bond acceptors (Lipinski definition) is 2. The fourth-order valence-corrected chi connectivity index (χ4v) is 1.65. The number of rotatable bonds is 7. The molecule has 0 radical (unpaired) electrons. The van der Waals surface area contributed by atoms with E-state index in [-0.39, 0.29) is 12.4 Å². The van der Waals surface area contributed by atoms with Crippen molar-refractivity contribution in [3.63, 3.8) is 0 Å². The van der Waals surface area contributed by atoms with Crippen LogP contribution in [0.1, 0.15) is 33.3 Å². The lowest BCUT2D eigenvalue weighted by atomic mass is 10.1. The normalized spacial score (nSPS) is 10.8. The number of benzene rings is 1. The molecule has 0 fully saturated rings. The van der Waals surface area contributed by atoms with Crippen molar-refractivity contribution in [3.8, 4) is 5.75 Å². The van der Waals surface area contributed by atoms with E-state index < -0.39 is 11.6 Å². The summed E-state index contributed by atoms with van der Waals surface area (Å²) in [6.45, 7) is 9.38. The average Bonchev–Trinajstić information content (AvgIpc) is 2.32. The molecular formula is C16H23F2NO. The van der Waals surface area contributed by atoms with Crippen LogP contribution in [0.4, 0.5) is 8.78 Å². The van der Waals surface area contributed by atoms with Gasteiger partial charge in [-0.3, -0.25) is 0 Å². The van der Waals surface area contributed by atoms with Gasteiger partial charge in [0.1, 0.15) is 6.61 Å². The maximum atomic E-state index is 13.8. The fraction of sp³-hybridized carbons (Fsp3) is 0.500. The maximum Gasteiger partial charge on any atom is 0.191 e. The first-order chi connectivity index (χ1) is 9.40. The number of ether oxygens (including phenoxy) is 1. The van der Waals surface area contributed by atoms with Crippen LogP contribution in [-0.2, 0) is 6.54 Å². The van der Waals surface area contributed by atoms with Crippen LogP contribution < -0.4 is 10.1 Å². The van der Waals surface area contributed by atoms with Gasteiger partial charge in [-0.05, 0) is 50.1 Å². The van der Waals surface area contributed by atoms with Gasteiger partial charge in [-0.1, -0.05) is 19.4 Å². The van der Waals surface area contributed by atoms with E-state index in [1.54, 1.807) is 6.08 Å². The Balaban J connectivity index is 2.68. The topological polar surface area (TPSA) is 21.3 Å². The Morgan fingerprint density at radius 2 is 1.85 bits per heavy atom. The Hall–Kier alpha value is -1.42. The van der Waals surface area contributed by atoms with Crippen LogP contribution in [0.15, 0.2) is 23.8 Å². The Morgan fingerprint density at radius 1 is 1.25 bits per heavy atom. The summed E-state index contributed by atoms with van der Waals surface area (Å²) in [7, 11) is 0. The van der Waals surface area contributed by atoms with Gasteiger partial charge in [0.2, 0.25) is 0 Å². The third-order valence-corrected chi connectivity index (χ3v) is 2.66. The Bertz CT molecular complexity index is 443. The van der Waals surface area contributed by atoms with Gasteiger partial charge in [0.15, 0.2) is 17.4 Å². The Labute approximate surface area is 119 Å². The van der Waals surface area contributed by atoms with E-state index in [0.717, 1.165) is 12.1 Å². The van der Waals surface area contributed by atoms with Crippen molar-refractivity contribution in [2.45, 2.75) is 34.2 Å². The molecule has 0 atom stereocenters. The molecule has 0 saturated carbocycles. The summed E-state index contributed by atoms with van der Waals surface area (Å²) >= 11 is 0. The van der Waals surface area contributed by atoms with Gasteiger partial charge >= 0.3 is 0 Å². The third-order valence-electron chi connectivity index (χ3n) is 2.66. The minimum absolute atomic E-state index is 0.168. The van der Waals surface area contributed by atoms with Crippen LogP contribution in [0.2, 0.25) is 0 Å². The van der Waals surface area contributed by atoms with Crippen LogP contribution >= 0.6 is 0 Å². The van der Waals surface area contributed by atoms with Crippen LogP contribution in [0, 0.1) is 17.6 Å². The molecule has 1 aromatic carbocycles. The van der Waals surface area contributed by atoms with E-state index >= 15 is 0 Å². The number of allylic oxidation sites excluding steroid dienone is 1. The van der Waals surface area contributed by atoms with E-state index in [1.165, 1.54) is 12.1 Å². The van der Waals surface area contributed by atoms with Crippen molar-refractivity contribution in [1.29, 1.82) is 0 Å². The molecule has 0 aliphatic carbocycles. The van der Waals surface area contributed by atoms with Crippen molar-refractivity contribution < 1.29 is 13.5 Å². The summed E-state index contributed by atoms with van der Waals surface area (Å²) in [5, 5.41) is 3.15. The molecule has 0 aromatic heterocycles. The van der Waals surface area contributed by atoms with E-state index in [2.05, 4.69) is 19.2 Å². The molecule has 0 aliphatic rings. The maximum absolute atomic E-state index is 13.8. The van der Waals surface area contributed by atoms with Crippen molar-refractivity contribution in [2.24, 2.45) is 5.92 Å². The monoisotopic (exact) mass is 283 g/mol. The molecule has 0 spiro atoms. The molecule has 1 aromatic rings. The molecule has 0 amide bonds. The van der Waals surface area contributed by atoms with Crippen LogP contribution in [0.3, 0.4) is 0 Å². The zero-order chi connectivity index (χ0) is 15.1. The molecule has 1 rings (SSSR count). The highest BCUT2D eigenvalue weighted by atomic mass is 19.1. The third kappa shape index (κ3) is 5.70. The Morgan fingerprint density at radius 3 is 2.35 bits per heavy atom. The van der Waals surface area contributed by atoms with Crippen molar-refractivity contribution in [1.82, 2.24) is 5.32 Å². The molecule has 0 bridgehead atoms. The summed E-state index contributed by atoms with van der Waals surface area (Å²) in [4.78, 5) is 0. The number of nitrogens with one attached hydrogen (secondary N) is 1. The van der Waals surface area contributed by atoms with Crippen molar-refractivity contribution in [3.05, 3.63) is 41.0 Å². The zero-order valence-electron chi connectivity index (χ0n) is 12.6. The first kappa shape index (κ1) is 16.6. The molecule has 4 heteroatoms. The summed E-state index contributed by atoms with van der Waals surface area (Å²) in [6, 6.07) is 2.63. The number of halogens is 2. The van der Waals surface area contributed by atoms with Gasteiger partial charge in [-0.15, -0.1) is 0 Å². The van der Waals surface area contributed by atoms with Crippen LogP contribution in [0.25, 0.3) is 0 Å². The second-order valence-electron chi connectivity index (χ2n) is 5.51. The summed E-state index contributed by atoms with van der Waals surface area (Å²) < 4.78 is 32.7. The van der Waals surface area contributed by atoms with Crippen LogP contribution in [-0.4, -0.2) is 13.2 Å². The quantitative estimate of drug-likeness (QED) is 0.762. The predicted molar refractivity (Wildman–Crippen MR) is 77.8 cm³/mol.